The fourth-order valence-corrected chi connectivity index (χ4v) is 4.44. The zero-order valence-corrected chi connectivity index (χ0v) is 22.1. The zero-order valence-electron chi connectivity index (χ0n) is 19.8. The second-order valence-electron chi connectivity index (χ2n) is 8.60. The number of benzene rings is 1. The van der Waals surface area contributed by atoms with E-state index in [1.807, 2.05) is 4.90 Å². The molecule has 180 valence electrons. The molecule has 7 nitrogen and oxygen atoms in total. The van der Waals surface area contributed by atoms with E-state index < -0.39 is 0 Å². The summed E-state index contributed by atoms with van der Waals surface area (Å²) < 4.78 is 0. The Balaban J connectivity index is 0.00000363. The van der Waals surface area contributed by atoms with Gasteiger partial charge >= 0.3 is 0 Å². The van der Waals surface area contributed by atoms with Crippen LogP contribution in [0.3, 0.4) is 0 Å². The quantitative estimate of drug-likeness (QED) is 0.201. The highest BCUT2D eigenvalue weighted by molar-refractivity contribution is 14.0. The van der Waals surface area contributed by atoms with Gasteiger partial charge in [-0.1, -0.05) is 30.3 Å². The number of hydrogen-bond acceptors (Lipinski definition) is 4. The summed E-state index contributed by atoms with van der Waals surface area (Å²) in [5.74, 6) is 1.18. The van der Waals surface area contributed by atoms with Gasteiger partial charge in [0.05, 0.1) is 0 Å². The predicted molar refractivity (Wildman–Crippen MR) is 143 cm³/mol. The molecule has 2 fully saturated rings. The van der Waals surface area contributed by atoms with Crippen molar-refractivity contribution < 1.29 is 4.79 Å². The highest BCUT2D eigenvalue weighted by Crippen LogP contribution is 2.24. The monoisotopic (exact) mass is 556 g/mol. The topological polar surface area (TPSA) is 63.2 Å². The number of rotatable bonds is 10. The summed E-state index contributed by atoms with van der Waals surface area (Å²) in [7, 11) is 2.22. The van der Waals surface area contributed by atoms with Gasteiger partial charge in [-0.15, -0.1) is 24.0 Å². The van der Waals surface area contributed by atoms with Crippen molar-refractivity contribution in [3.8, 4) is 0 Å². The van der Waals surface area contributed by atoms with Crippen LogP contribution in [-0.4, -0.2) is 92.5 Å². The van der Waals surface area contributed by atoms with Crippen molar-refractivity contribution in [2.75, 3.05) is 66.0 Å². The lowest BCUT2D eigenvalue weighted by Crippen LogP contribution is -2.47. The van der Waals surface area contributed by atoms with Crippen LogP contribution in [0.1, 0.15) is 44.2 Å². The van der Waals surface area contributed by atoms with Crippen molar-refractivity contribution in [1.29, 1.82) is 0 Å². The zero-order chi connectivity index (χ0) is 21.9. The molecule has 3 rings (SSSR count). The molecular weight excluding hydrogens is 515 g/mol. The number of amides is 1. The number of guanidine groups is 1. The van der Waals surface area contributed by atoms with E-state index in [0.29, 0.717) is 18.4 Å². The Labute approximate surface area is 211 Å². The molecule has 1 aromatic rings. The van der Waals surface area contributed by atoms with Crippen molar-refractivity contribution >= 4 is 35.8 Å². The molecule has 0 saturated carbocycles. The maximum absolute atomic E-state index is 11.7. The van der Waals surface area contributed by atoms with E-state index >= 15 is 0 Å². The lowest BCUT2D eigenvalue weighted by molar-refractivity contribution is -0.127. The molecule has 2 aliphatic heterocycles. The highest BCUT2D eigenvalue weighted by atomic mass is 127. The molecule has 0 aromatic heterocycles. The second kappa shape index (κ2) is 14.7. The fourth-order valence-electron chi connectivity index (χ4n) is 4.44. The van der Waals surface area contributed by atoms with Gasteiger partial charge < -0.3 is 20.4 Å². The molecule has 2 saturated heterocycles. The number of piperazine rings is 1. The van der Waals surface area contributed by atoms with Gasteiger partial charge in [0.25, 0.3) is 0 Å². The van der Waals surface area contributed by atoms with Gasteiger partial charge in [0, 0.05) is 71.4 Å². The van der Waals surface area contributed by atoms with Gasteiger partial charge in [-0.05, 0) is 38.8 Å². The largest absolute Gasteiger partial charge is 0.357 e. The van der Waals surface area contributed by atoms with Crippen LogP contribution in [0.5, 0.6) is 0 Å². The molecule has 1 atom stereocenters. The van der Waals surface area contributed by atoms with Gasteiger partial charge in [0.1, 0.15) is 0 Å². The summed E-state index contributed by atoms with van der Waals surface area (Å²) in [6, 6.07) is 11.3. The molecule has 1 unspecified atom stereocenters. The summed E-state index contributed by atoms with van der Waals surface area (Å²) in [6.07, 6.45) is 3.72. The summed E-state index contributed by atoms with van der Waals surface area (Å²) >= 11 is 0. The molecule has 2 aliphatic rings. The molecule has 1 aromatic carbocycles. The van der Waals surface area contributed by atoms with Crippen molar-refractivity contribution in [2.24, 2.45) is 4.99 Å². The summed E-state index contributed by atoms with van der Waals surface area (Å²) in [5.41, 5.74) is 1.41. The van der Waals surface area contributed by atoms with Crippen LogP contribution in [0, 0.1) is 0 Å². The predicted octanol–water partition coefficient (Wildman–Crippen LogP) is 2.55. The molecule has 0 aliphatic carbocycles. The first kappa shape index (κ1) is 26.9. The molecule has 8 heteroatoms. The van der Waals surface area contributed by atoms with Crippen LogP contribution < -0.4 is 10.6 Å². The number of aliphatic imine (C=N–C) groups is 1. The molecule has 0 spiro atoms. The van der Waals surface area contributed by atoms with Crippen LogP contribution in [0.15, 0.2) is 35.3 Å². The van der Waals surface area contributed by atoms with E-state index in [4.69, 9.17) is 4.99 Å². The maximum Gasteiger partial charge on any atom is 0.222 e. The Kier molecular flexibility index (Phi) is 12.3. The number of carbonyl (C=O) groups is 1. The number of likely N-dealkylation sites (N-methyl/N-ethyl adjacent to an activating group) is 1. The maximum atomic E-state index is 11.7. The Morgan fingerprint density at radius 1 is 1.09 bits per heavy atom. The van der Waals surface area contributed by atoms with Gasteiger partial charge in [0.15, 0.2) is 5.96 Å². The SMILES string of the molecule is CCNC(=NCCCN1CCCC1=O)NCCCN1CCN(C)CC1c1ccccc1.I. The molecule has 32 heavy (non-hydrogen) atoms. The molecular formula is C24H41IN6O. The van der Waals surface area contributed by atoms with Crippen LogP contribution in [0.4, 0.5) is 0 Å². The third-order valence-corrected chi connectivity index (χ3v) is 6.16. The van der Waals surface area contributed by atoms with E-state index in [0.717, 1.165) is 84.1 Å². The molecule has 0 bridgehead atoms. The van der Waals surface area contributed by atoms with Crippen molar-refractivity contribution in [3.05, 3.63) is 35.9 Å². The molecule has 1 amide bonds. The second-order valence-corrected chi connectivity index (χ2v) is 8.60. The summed E-state index contributed by atoms with van der Waals surface area (Å²) in [6.45, 7) is 10.7. The standard InChI is InChI=1S/C24H40N6O.HI/c1-3-25-24(27-14-9-17-30-15-7-12-23(30)31)26-13-8-16-29-19-18-28(2)20-22(29)21-10-5-4-6-11-21;/h4-6,10-11,22H,3,7-9,12-20H2,1-2H3,(H2,25,26,27);1H. The van der Waals surface area contributed by atoms with Gasteiger partial charge in [0.2, 0.25) is 5.91 Å². The Morgan fingerprint density at radius 3 is 2.62 bits per heavy atom. The average Bonchev–Trinajstić information content (AvgIpc) is 3.20. The van der Waals surface area contributed by atoms with E-state index in [2.05, 4.69) is 64.7 Å². The number of nitrogens with one attached hydrogen (secondary N) is 2. The third-order valence-electron chi connectivity index (χ3n) is 6.16. The van der Waals surface area contributed by atoms with E-state index in [1.54, 1.807) is 0 Å². The minimum absolute atomic E-state index is 0. The normalized spacial score (nSPS) is 20.3. The van der Waals surface area contributed by atoms with Crippen molar-refractivity contribution in [2.45, 2.75) is 38.6 Å². The Bertz CT molecular complexity index is 701. The van der Waals surface area contributed by atoms with Crippen molar-refractivity contribution in [1.82, 2.24) is 25.3 Å². The number of halogens is 1. The average molecular weight is 557 g/mol. The Morgan fingerprint density at radius 2 is 1.91 bits per heavy atom. The molecule has 2 heterocycles. The lowest BCUT2D eigenvalue weighted by atomic mass is 10.0. The number of hydrogen-bond donors (Lipinski definition) is 2. The third kappa shape index (κ3) is 8.51. The number of likely N-dealkylation sites (tertiary alicyclic amines) is 1. The van der Waals surface area contributed by atoms with E-state index in [-0.39, 0.29) is 24.0 Å². The first-order valence-electron chi connectivity index (χ1n) is 11.9. The molecule has 2 N–H and O–H groups in total. The van der Waals surface area contributed by atoms with Crippen LogP contribution in [0.2, 0.25) is 0 Å². The van der Waals surface area contributed by atoms with Gasteiger partial charge in [-0.25, -0.2) is 0 Å². The lowest BCUT2D eigenvalue weighted by Gasteiger charge is -2.40. The van der Waals surface area contributed by atoms with Gasteiger partial charge in [-0.3, -0.25) is 14.7 Å². The first-order chi connectivity index (χ1) is 15.2. The van der Waals surface area contributed by atoms with E-state index in [9.17, 15) is 4.79 Å². The summed E-state index contributed by atoms with van der Waals surface area (Å²) in [4.78, 5) is 23.4. The van der Waals surface area contributed by atoms with E-state index in [1.165, 1.54) is 5.56 Å². The first-order valence-corrected chi connectivity index (χ1v) is 11.9. The van der Waals surface area contributed by atoms with Crippen molar-refractivity contribution in [3.63, 3.8) is 0 Å². The Hall–Kier alpha value is -1.39. The smallest absolute Gasteiger partial charge is 0.222 e. The van der Waals surface area contributed by atoms with Crippen LogP contribution >= 0.6 is 24.0 Å². The minimum atomic E-state index is 0. The fraction of sp³-hybridized carbons (Fsp3) is 0.667. The summed E-state index contributed by atoms with van der Waals surface area (Å²) in [5, 5.41) is 6.82. The molecule has 0 radical (unpaired) electrons. The van der Waals surface area contributed by atoms with Crippen LogP contribution in [0.25, 0.3) is 0 Å². The number of nitrogens with zero attached hydrogens (tertiary/aromatic N) is 4. The minimum Gasteiger partial charge on any atom is -0.357 e. The highest BCUT2D eigenvalue weighted by Gasteiger charge is 2.25. The van der Waals surface area contributed by atoms with Crippen LogP contribution in [-0.2, 0) is 4.79 Å². The number of carbonyl (C=O) groups excluding carboxylic acids is 1. The van der Waals surface area contributed by atoms with Gasteiger partial charge in [-0.2, -0.15) is 0 Å².